The average Bonchev–Trinajstić information content (AvgIpc) is 2.63. The van der Waals surface area contributed by atoms with Gasteiger partial charge in [0.1, 0.15) is 0 Å². The Bertz CT molecular complexity index is 692. The lowest BCUT2D eigenvalue weighted by molar-refractivity contribution is -0.00474. The quantitative estimate of drug-likeness (QED) is 0.563. The summed E-state index contributed by atoms with van der Waals surface area (Å²) < 4.78 is 6.43. The second-order valence-electron chi connectivity index (χ2n) is 5.78. The third-order valence-electron chi connectivity index (χ3n) is 4.07. The Morgan fingerprint density at radius 3 is 1.70 bits per heavy atom. The Morgan fingerprint density at radius 1 is 0.652 bits per heavy atom. The molecule has 0 N–H and O–H groups in total. The van der Waals surface area contributed by atoms with E-state index < -0.39 is 0 Å². The normalized spacial score (nSPS) is 13.4. The summed E-state index contributed by atoms with van der Waals surface area (Å²) in [6, 6.07) is 31.4. The summed E-state index contributed by atoms with van der Waals surface area (Å²) in [7, 11) is 0. The topological polar surface area (TPSA) is 9.23 Å². The largest absolute Gasteiger partial charge is 0.366 e. The third-order valence-corrected chi connectivity index (χ3v) is 4.07. The molecule has 0 fully saturated rings. The number of hydrogen-bond donors (Lipinski definition) is 0. The van der Waals surface area contributed by atoms with E-state index in [4.69, 9.17) is 4.74 Å². The van der Waals surface area contributed by atoms with Crippen molar-refractivity contribution in [3.63, 3.8) is 0 Å². The van der Waals surface area contributed by atoms with Gasteiger partial charge in [-0.15, -0.1) is 0 Å². The zero-order valence-corrected chi connectivity index (χ0v) is 13.4. The van der Waals surface area contributed by atoms with Crippen LogP contribution in [0.15, 0.2) is 91.0 Å². The fraction of sp³-hybridized carbons (Fsp3) is 0.182. The molecule has 0 aliphatic heterocycles. The molecule has 0 unspecified atom stereocenters. The number of ether oxygens (including phenoxy) is 1. The zero-order chi connectivity index (χ0) is 15.9. The van der Waals surface area contributed by atoms with E-state index in [0.717, 1.165) is 6.42 Å². The molecule has 0 heterocycles. The zero-order valence-electron chi connectivity index (χ0n) is 13.4. The molecule has 0 bridgehead atoms. The molecule has 3 aromatic carbocycles. The molecule has 2 atom stereocenters. The van der Waals surface area contributed by atoms with E-state index in [1.54, 1.807) is 0 Å². The first-order chi connectivity index (χ1) is 11.3. The molecule has 1 nitrogen and oxygen atoms in total. The maximum absolute atomic E-state index is 6.43. The van der Waals surface area contributed by atoms with Gasteiger partial charge in [0.05, 0.1) is 12.2 Å². The first-order valence-electron chi connectivity index (χ1n) is 8.12. The van der Waals surface area contributed by atoms with E-state index >= 15 is 0 Å². The van der Waals surface area contributed by atoms with Crippen LogP contribution in [0.5, 0.6) is 0 Å². The van der Waals surface area contributed by atoms with Crippen molar-refractivity contribution in [1.29, 1.82) is 0 Å². The fourth-order valence-corrected chi connectivity index (χ4v) is 2.79. The maximum Gasteiger partial charge on any atom is 0.0873 e. The van der Waals surface area contributed by atoms with Gasteiger partial charge in [0.2, 0.25) is 0 Å². The minimum absolute atomic E-state index is 0.0498. The van der Waals surface area contributed by atoms with E-state index in [9.17, 15) is 0 Å². The van der Waals surface area contributed by atoms with Crippen molar-refractivity contribution in [2.45, 2.75) is 25.6 Å². The monoisotopic (exact) mass is 302 g/mol. The van der Waals surface area contributed by atoms with Crippen molar-refractivity contribution in [2.24, 2.45) is 0 Å². The van der Waals surface area contributed by atoms with Gasteiger partial charge in [-0.3, -0.25) is 0 Å². The van der Waals surface area contributed by atoms with Crippen molar-refractivity contribution in [2.75, 3.05) is 0 Å². The SMILES string of the molecule is C[C@H](O[C@@H](Cc1ccccc1)c1ccccc1)c1ccccc1. The van der Waals surface area contributed by atoms with Gasteiger partial charge in [-0.05, 0) is 23.6 Å². The van der Waals surface area contributed by atoms with Gasteiger partial charge in [0, 0.05) is 6.42 Å². The highest BCUT2D eigenvalue weighted by Gasteiger charge is 2.17. The van der Waals surface area contributed by atoms with Crippen LogP contribution in [0.1, 0.15) is 35.8 Å². The van der Waals surface area contributed by atoms with E-state index in [2.05, 4.69) is 85.8 Å². The van der Waals surface area contributed by atoms with Crippen LogP contribution in [-0.4, -0.2) is 0 Å². The second kappa shape index (κ2) is 7.75. The molecule has 0 aliphatic carbocycles. The summed E-state index contributed by atoms with van der Waals surface area (Å²) in [5.74, 6) is 0. The van der Waals surface area contributed by atoms with Gasteiger partial charge in [0.25, 0.3) is 0 Å². The molecule has 116 valence electrons. The summed E-state index contributed by atoms with van der Waals surface area (Å²) in [6.07, 6.45) is 0.987. The summed E-state index contributed by atoms with van der Waals surface area (Å²) in [4.78, 5) is 0. The van der Waals surface area contributed by atoms with Crippen molar-refractivity contribution in [3.05, 3.63) is 108 Å². The van der Waals surface area contributed by atoms with Gasteiger partial charge in [-0.2, -0.15) is 0 Å². The lowest BCUT2D eigenvalue weighted by atomic mass is 10.0. The Hall–Kier alpha value is -2.38. The Kier molecular flexibility index (Phi) is 5.23. The van der Waals surface area contributed by atoms with E-state index in [-0.39, 0.29) is 12.2 Å². The minimum Gasteiger partial charge on any atom is -0.366 e. The molecule has 0 amide bonds. The van der Waals surface area contributed by atoms with Crippen LogP contribution in [0.4, 0.5) is 0 Å². The molecule has 0 spiro atoms. The van der Waals surface area contributed by atoms with Crippen LogP contribution in [-0.2, 0) is 11.2 Å². The van der Waals surface area contributed by atoms with Crippen LogP contribution in [0.3, 0.4) is 0 Å². The van der Waals surface area contributed by atoms with Gasteiger partial charge in [-0.1, -0.05) is 91.0 Å². The molecule has 3 rings (SSSR count). The molecule has 0 aromatic heterocycles. The van der Waals surface area contributed by atoms with Crippen LogP contribution in [0.25, 0.3) is 0 Å². The van der Waals surface area contributed by atoms with Crippen molar-refractivity contribution >= 4 is 0 Å². The smallest absolute Gasteiger partial charge is 0.0873 e. The van der Waals surface area contributed by atoms with Crippen molar-refractivity contribution in [1.82, 2.24) is 0 Å². The second-order valence-corrected chi connectivity index (χ2v) is 5.78. The first kappa shape index (κ1) is 15.5. The molecule has 0 radical (unpaired) electrons. The molecule has 3 aromatic rings. The van der Waals surface area contributed by atoms with E-state index in [1.807, 2.05) is 12.1 Å². The first-order valence-corrected chi connectivity index (χ1v) is 8.12. The standard InChI is InChI=1S/C22H22O/c1-18(20-13-7-3-8-14-20)23-22(21-15-9-4-10-16-21)17-19-11-5-2-6-12-19/h2-16,18,22H,17H2,1H3/t18-,22-/m0/s1. The fourth-order valence-electron chi connectivity index (χ4n) is 2.79. The molecule has 0 saturated carbocycles. The van der Waals surface area contributed by atoms with E-state index in [1.165, 1.54) is 16.7 Å². The van der Waals surface area contributed by atoms with Crippen molar-refractivity contribution < 1.29 is 4.74 Å². The van der Waals surface area contributed by atoms with Crippen molar-refractivity contribution in [3.8, 4) is 0 Å². The predicted molar refractivity (Wildman–Crippen MR) is 95.3 cm³/mol. The minimum atomic E-state index is 0.0498. The Balaban J connectivity index is 1.81. The van der Waals surface area contributed by atoms with Gasteiger partial charge in [0.15, 0.2) is 0 Å². The molecular weight excluding hydrogens is 280 g/mol. The van der Waals surface area contributed by atoms with Crippen LogP contribution in [0.2, 0.25) is 0 Å². The van der Waals surface area contributed by atoms with Gasteiger partial charge >= 0.3 is 0 Å². The van der Waals surface area contributed by atoms with E-state index in [0.29, 0.717) is 0 Å². The van der Waals surface area contributed by atoms with Gasteiger partial charge < -0.3 is 4.74 Å². The Labute approximate surface area is 138 Å². The highest BCUT2D eigenvalue weighted by Crippen LogP contribution is 2.29. The Morgan fingerprint density at radius 2 is 1.13 bits per heavy atom. The highest BCUT2D eigenvalue weighted by molar-refractivity contribution is 5.23. The molecule has 1 heteroatoms. The lowest BCUT2D eigenvalue weighted by Gasteiger charge is -2.23. The number of rotatable bonds is 6. The molecule has 0 saturated heterocycles. The highest BCUT2D eigenvalue weighted by atomic mass is 16.5. The molecular formula is C22H22O. The average molecular weight is 302 g/mol. The molecule has 23 heavy (non-hydrogen) atoms. The summed E-state index contributed by atoms with van der Waals surface area (Å²) >= 11 is 0. The van der Waals surface area contributed by atoms with Gasteiger partial charge in [-0.25, -0.2) is 0 Å². The number of benzene rings is 3. The summed E-state index contributed by atoms with van der Waals surface area (Å²) in [6.45, 7) is 2.12. The van der Waals surface area contributed by atoms with Crippen LogP contribution in [0, 0.1) is 0 Å². The predicted octanol–water partition coefficient (Wildman–Crippen LogP) is 5.75. The summed E-state index contributed by atoms with van der Waals surface area (Å²) in [5, 5.41) is 0. The van der Waals surface area contributed by atoms with Crippen LogP contribution < -0.4 is 0 Å². The molecule has 0 aliphatic rings. The summed E-state index contributed by atoms with van der Waals surface area (Å²) in [5.41, 5.74) is 3.72. The lowest BCUT2D eigenvalue weighted by Crippen LogP contribution is -2.11. The number of hydrogen-bond acceptors (Lipinski definition) is 1. The third kappa shape index (κ3) is 4.30. The maximum atomic E-state index is 6.43. The van der Waals surface area contributed by atoms with Crippen LogP contribution >= 0.6 is 0 Å².